The highest BCUT2D eigenvalue weighted by molar-refractivity contribution is 5.86. The van der Waals surface area contributed by atoms with E-state index in [4.69, 9.17) is 4.74 Å². The molecule has 0 fully saturated rings. The molecule has 2 rings (SSSR count). The van der Waals surface area contributed by atoms with Gasteiger partial charge in [0.25, 0.3) is 0 Å². The molecule has 0 saturated carbocycles. The molecule has 0 heterocycles. The van der Waals surface area contributed by atoms with Crippen LogP contribution >= 0.6 is 0 Å². The SMILES string of the molecule is COC1(C(=O)O)C=CC(c2ccccc2)=C(C)C1. The van der Waals surface area contributed by atoms with Crippen molar-refractivity contribution < 1.29 is 14.6 Å². The van der Waals surface area contributed by atoms with Gasteiger partial charge < -0.3 is 9.84 Å². The van der Waals surface area contributed by atoms with Crippen molar-refractivity contribution in [3.05, 3.63) is 53.6 Å². The lowest BCUT2D eigenvalue weighted by molar-refractivity contribution is -0.156. The number of carboxylic acid groups (broad SMARTS) is 1. The summed E-state index contributed by atoms with van der Waals surface area (Å²) < 4.78 is 5.17. The van der Waals surface area contributed by atoms with E-state index in [2.05, 4.69) is 0 Å². The molecule has 0 bridgehead atoms. The maximum absolute atomic E-state index is 11.3. The van der Waals surface area contributed by atoms with Crippen LogP contribution in [0.1, 0.15) is 18.9 Å². The lowest BCUT2D eigenvalue weighted by atomic mass is 9.84. The van der Waals surface area contributed by atoms with Gasteiger partial charge in [-0.1, -0.05) is 42.0 Å². The Hall–Kier alpha value is -1.87. The van der Waals surface area contributed by atoms with E-state index >= 15 is 0 Å². The minimum Gasteiger partial charge on any atom is -0.479 e. The number of aliphatic carboxylic acids is 1. The molecule has 0 radical (unpaired) electrons. The summed E-state index contributed by atoms with van der Waals surface area (Å²) in [5.74, 6) is -0.951. The van der Waals surface area contributed by atoms with Crippen LogP contribution in [-0.4, -0.2) is 23.8 Å². The highest BCUT2D eigenvalue weighted by Crippen LogP contribution is 2.34. The number of methoxy groups -OCH3 is 1. The van der Waals surface area contributed by atoms with Crippen molar-refractivity contribution >= 4 is 11.5 Å². The van der Waals surface area contributed by atoms with Crippen LogP contribution in [0.5, 0.6) is 0 Å². The number of carbonyl (C=O) groups is 1. The van der Waals surface area contributed by atoms with Gasteiger partial charge in [0.05, 0.1) is 0 Å². The molecule has 0 amide bonds. The van der Waals surface area contributed by atoms with Crippen molar-refractivity contribution in [2.24, 2.45) is 0 Å². The van der Waals surface area contributed by atoms with Gasteiger partial charge in [0.1, 0.15) is 0 Å². The minimum atomic E-state index is -1.22. The molecule has 3 heteroatoms. The molecule has 1 aromatic carbocycles. The second kappa shape index (κ2) is 4.78. The van der Waals surface area contributed by atoms with Gasteiger partial charge in [-0.25, -0.2) is 4.79 Å². The maximum atomic E-state index is 11.3. The molecule has 0 aliphatic heterocycles. The number of hydrogen-bond acceptors (Lipinski definition) is 2. The molecular formula is C15H16O3. The number of ether oxygens (including phenoxy) is 1. The molecule has 1 aliphatic carbocycles. The first kappa shape index (κ1) is 12.6. The second-order valence-corrected chi connectivity index (χ2v) is 4.47. The minimum absolute atomic E-state index is 0.375. The Balaban J connectivity index is 2.37. The smallest absolute Gasteiger partial charge is 0.340 e. The van der Waals surface area contributed by atoms with Gasteiger partial charge in [-0.15, -0.1) is 0 Å². The zero-order valence-corrected chi connectivity index (χ0v) is 10.5. The Morgan fingerprint density at radius 1 is 1.33 bits per heavy atom. The normalized spacial score (nSPS) is 23.2. The van der Waals surface area contributed by atoms with Crippen LogP contribution in [0.4, 0.5) is 0 Å². The monoisotopic (exact) mass is 244 g/mol. The van der Waals surface area contributed by atoms with Gasteiger partial charge in [-0.05, 0) is 24.1 Å². The quantitative estimate of drug-likeness (QED) is 0.889. The molecular weight excluding hydrogens is 228 g/mol. The fourth-order valence-electron chi connectivity index (χ4n) is 2.24. The molecule has 18 heavy (non-hydrogen) atoms. The predicted octanol–water partition coefficient (Wildman–Crippen LogP) is 2.89. The lowest BCUT2D eigenvalue weighted by Gasteiger charge is -2.29. The molecule has 0 spiro atoms. The Labute approximate surface area is 106 Å². The van der Waals surface area contributed by atoms with Gasteiger partial charge in [0.2, 0.25) is 0 Å². The number of carboxylic acids is 1. The van der Waals surface area contributed by atoms with E-state index in [1.165, 1.54) is 7.11 Å². The van der Waals surface area contributed by atoms with E-state index in [0.717, 1.165) is 16.7 Å². The first-order valence-corrected chi connectivity index (χ1v) is 5.82. The van der Waals surface area contributed by atoms with Crippen LogP contribution in [0.15, 0.2) is 48.1 Å². The van der Waals surface area contributed by atoms with Gasteiger partial charge in [-0.3, -0.25) is 0 Å². The first-order chi connectivity index (χ1) is 8.59. The fraction of sp³-hybridized carbons (Fsp3) is 0.267. The van der Waals surface area contributed by atoms with Crippen molar-refractivity contribution in [3.8, 4) is 0 Å². The number of allylic oxidation sites excluding steroid dienone is 2. The van der Waals surface area contributed by atoms with Crippen LogP contribution in [0.25, 0.3) is 5.57 Å². The fourth-order valence-corrected chi connectivity index (χ4v) is 2.24. The Bertz CT molecular complexity index is 514. The van der Waals surface area contributed by atoms with Crippen molar-refractivity contribution in [2.75, 3.05) is 7.11 Å². The third-order valence-electron chi connectivity index (χ3n) is 3.32. The van der Waals surface area contributed by atoms with E-state index in [9.17, 15) is 9.90 Å². The topological polar surface area (TPSA) is 46.5 Å². The maximum Gasteiger partial charge on any atom is 0.340 e. The summed E-state index contributed by atoms with van der Waals surface area (Å²) in [6.45, 7) is 1.95. The molecule has 3 nitrogen and oxygen atoms in total. The Morgan fingerprint density at radius 3 is 2.50 bits per heavy atom. The molecule has 0 aromatic heterocycles. The molecule has 1 aromatic rings. The van der Waals surface area contributed by atoms with Crippen molar-refractivity contribution in [2.45, 2.75) is 18.9 Å². The van der Waals surface area contributed by atoms with E-state index in [1.54, 1.807) is 6.08 Å². The average Bonchev–Trinajstić information content (AvgIpc) is 2.39. The standard InChI is InChI=1S/C15H16O3/c1-11-10-15(18-2,14(16)17)9-8-13(11)12-6-4-3-5-7-12/h3-9H,10H2,1-2H3,(H,16,17). The number of benzene rings is 1. The van der Waals surface area contributed by atoms with Gasteiger partial charge in [0, 0.05) is 13.5 Å². The van der Waals surface area contributed by atoms with Crippen LogP contribution in [0, 0.1) is 0 Å². The zero-order valence-electron chi connectivity index (χ0n) is 10.5. The summed E-state index contributed by atoms with van der Waals surface area (Å²) >= 11 is 0. The van der Waals surface area contributed by atoms with Crippen molar-refractivity contribution in [3.63, 3.8) is 0 Å². The van der Waals surface area contributed by atoms with Gasteiger partial charge in [0.15, 0.2) is 5.60 Å². The lowest BCUT2D eigenvalue weighted by Crippen LogP contribution is -2.40. The second-order valence-electron chi connectivity index (χ2n) is 4.47. The van der Waals surface area contributed by atoms with Crippen LogP contribution in [0.3, 0.4) is 0 Å². The van der Waals surface area contributed by atoms with E-state index in [1.807, 2.05) is 43.3 Å². The van der Waals surface area contributed by atoms with Gasteiger partial charge in [-0.2, -0.15) is 0 Å². The zero-order chi connectivity index (χ0) is 13.2. The molecule has 1 unspecified atom stereocenters. The highest BCUT2D eigenvalue weighted by atomic mass is 16.5. The van der Waals surface area contributed by atoms with Crippen LogP contribution < -0.4 is 0 Å². The number of rotatable bonds is 3. The van der Waals surface area contributed by atoms with E-state index in [-0.39, 0.29) is 0 Å². The summed E-state index contributed by atoms with van der Waals surface area (Å²) in [4.78, 5) is 11.3. The summed E-state index contributed by atoms with van der Waals surface area (Å²) in [5, 5.41) is 9.26. The Morgan fingerprint density at radius 2 is 2.00 bits per heavy atom. The molecule has 1 aliphatic rings. The summed E-state index contributed by atoms with van der Waals surface area (Å²) in [5.41, 5.74) is 1.97. The molecule has 1 atom stereocenters. The van der Waals surface area contributed by atoms with Crippen molar-refractivity contribution in [1.82, 2.24) is 0 Å². The molecule has 94 valence electrons. The average molecular weight is 244 g/mol. The van der Waals surface area contributed by atoms with E-state index < -0.39 is 11.6 Å². The van der Waals surface area contributed by atoms with Gasteiger partial charge >= 0.3 is 5.97 Å². The highest BCUT2D eigenvalue weighted by Gasteiger charge is 2.38. The summed E-state index contributed by atoms with van der Waals surface area (Å²) in [6.07, 6.45) is 3.84. The molecule has 0 saturated heterocycles. The van der Waals surface area contributed by atoms with Crippen molar-refractivity contribution in [1.29, 1.82) is 0 Å². The summed E-state index contributed by atoms with van der Waals surface area (Å²) in [7, 11) is 1.43. The van der Waals surface area contributed by atoms with E-state index in [0.29, 0.717) is 6.42 Å². The number of hydrogen-bond donors (Lipinski definition) is 1. The Kier molecular flexibility index (Phi) is 3.34. The largest absolute Gasteiger partial charge is 0.479 e. The van der Waals surface area contributed by atoms with Crippen LogP contribution in [0.2, 0.25) is 0 Å². The predicted molar refractivity (Wildman–Crippen MR) is 70.2 cm³/mol. The third-order valence-corrected chi connectivity index (χ3v) is 3.32. The first-order valence-electron chi connectivity index (χ1n) is 5.82. The molecule has 1 N–H and O–H groups in total. The third kappa shape index (κ3) is 2.09. The summed E-state index contributed by atoms with van der Waals surface area (Å²) in [6, 6.07) is 9.94. The van der Waals surface area contributed by atoms with Crippen LogP contribution in [-0.2, 0) is 9.53 Å².